The van der Waals surface area contributed by atoms with Crippen LogP contribution in [-0.2, 0) is 11.3 Å². The number of nitrogens with two attached hydrogens (primary N) is 2. The summed E-state index contributed by atoms with van der Waals surface area (Å²) in [6.45, 7) is 0.175. The zero-order valence-corrected chi connectivity index (χ0v) is 20.1. The van der Waals surface area contributed by atoms with Gasteiger partial charge in [-0.3, -0.25) is 19.3 Å². The zero-order chi connectivity index (χ0) is 26.5. The van der Waals surface area contributed by atoms with Gasteiger partial charge in [0, 0.05) is 12.2 Å². The molecule has 0 aliphatic carbocycles. The molecule has 1 aromatic heterocycles. The summed E-state index contributed by atoms with van der Waals surface area (Å²) < 4.78 is 17.7. The van der Waals surface area contributed by atoms with Gasteiger partial charge >= 0.3 is 0 Å². The van der Waals surface area contributed by atoms with Crippen molar-refractivity contribution in [3.8, 4) is 5.75 Å². The Morgan fingerprint density at radius 3 is 2.24 bits per heavy atom. The Kier molecular flexibility index (Phi) is 7.44. The maximum Gasteiger partial charge on any atom is 0.273 e. The molecule has 37 heavy (non-hydrogen) atoms. The lowest BCUT2D eigenvalue weighted by Gasteiger charge is -2.31. The molecule has 0 fully saturated rings. The van der Waals surface area contributed by atoms with Gasteiger partial charge in [-0.1, -0.05) is 42.5 Å². The number of carbonyl (C=O) groups excluding carboxylic acids is 3. The van der Waals surface area contributed by atoms with E-state index >= 15 is 0 Å². The van der Waals surface area contributed by atoms with E-state index in [1.54, 1.807) is 0 Å². The fraction of sp³-hybridized carbons (Fsp3) is 0.0769. The van der Waals surface area contributed by atoms with Crippen molar-refractivity contribution in [1.82, 2.24) is 9.69 Å². The van der Waals surface area contributed by atoms with Crippen molar-refractivity contribution in [3.05, 3.63) is 106 Å². The zero-order valence-electron chi connectivity index (χ0n) is 19.3. The van der Waals surface area contributed by atoms with Crippen LogP contribution in [0.25, 0.3) is 0 Å². The number of amides is 3. The number of halogens is 1. The third-order valence-corrected chi connectivity index (χ3v) is 6.36. The summed E-state index contributed by atoms with van der Waals surface area (Å²) in [5.41, 5.74) is 12.2. The maximum atomic E-state index is 13.9. The number of phenolic OH excluding ortho intramolecular Hbond substituents is 1. The number of aromatic nitrogens is 1. The topological polar surface area (TPSA) is 152 Å². The van der Waals surface area contributed by atoms with Crippen molar-refractivity contribution in [2.75, 3.05) is 10.6 Å². The second kappa shape index (κ2) is 10.9. The molecule has 4 rings (SSSR count). The van der Waals surface area contributed by atoms with Crippen LogP contribution in [0.1, 0.15) is 37.3 Å². The van der Waals surface area contributed by atoms with Crippen LogP contribution in [0.2, 0.25) is 0 Å². The first-order valence-corrected chi connectivity index (χ1v) is 11.8. The molecule has 0 spiro atoms. The van der Waals surface area contributed by atoms with E-state index in [1.165, 1.54) is 36.4 Å². The highest BCUT2D eigenvalue weighted by atomic mass is 32.1. The molecule has 0 bridgehead atoms. The molecular formula is C26H22FN5O4S. The summed E-state index contributed by atoms with van der Waals surface area (Å²) in [5, 5.41) is 12.6. The Bertz CT molecular complexity index is 1430. The van der Waals surface area contributed by atoms with Crippen LogP contribution in [0.4, 0.5) is 15.8 Å². The third-order valence-electron chi connectivity index (χ3n) is 5.50. The Morgan fingerprint density at radius 2 is 1.65 bits per heavy atom. The molecule has 1 atom stereocenters. The first-order valence-electron chi connectivity index (χ1n) is 11.0. The quantitative estimate of drug-likeness (QED) is 0.280. The Morgan fingerprint density at radius 1 is 1.00 bits per heavy atom. The standard InChI is InChI=1S/C26H22FN5O4S/c27-17-8-10-18(11-9-17)32(26(36)23-20(28)21(24(29)34)31-37-23)22(16-6-12-19(33)13-7-16)25(35)30-14-15-4-2-1-3-5-15/h1-13,22,33H,14,28H2,(H2,29,34)(H,30,35)/t22-/m1/s1. The number of primary amides is 1. The SMILES string of the molecule is NC(=O)c1nsc(C(=O)N(c2ccc(F)cc2)[C@@H](C(=O)NCc2ccccc2)c2ccc(O)cc2)c1N. The molecule has 188 valence electrons. The average Bonchev–Trinajstić information content (AvgIpc) is 3.29. The summed E-state index contributed by atoms with van der Waals surface area (Å²) in [6, 6.07) is 18.7. The molecule has 11 heteroatoms. The minimum atomic E-state index is -1.26. The van der Waals surface area contributed by atoms with E-state index in [-0.39, 0.29) is 34.2 Å². The van der Waals surface area contributed by atoms with Crippen molar-refractivity contribution >= 4 is 40.6 Å². The van der Waals surface area contributed by atoms with Crippen LogP contribution >= 0.6 is 11.5 Å². The number of hydrogen-bond donors (Lipinski definition) is 4. The van der Waals surface area contributed by atoms with Gasteiger partial charge in [0.1, 0.15) is 22.5 Å². The van der Waals surface area contributed by atoms with Crippen LogP contribution in [0.3, 0.4) is 0 Å². The van der Waals surface area contributed by atoms with E-state index < -0.39 is 29.6 Å². The monoisotopic (exact) mass is 519 g/mol. The van der Waals surface area contributed by atoms with E-state index in [1.807, 2.05) is 30.3 Å². The minimum absolute atomic E-state index is 0.0374. The number of nitrogens with zero attached hydrogens (tertiary/aromatic N) is 2. The highest BCUT2D eigenvalue weighted by molar-refractivity contribution is 7.09. The molecule has 0 saturated carbocycles. The van der Waals surface area contributed by atoms with E-state index in [0.29, 0.717) is 17.1 Å². The number of carbonyl (C=O) groups is 3. The largest absolute Gasteiger partial charge is 0.508 e. The van der Waals surface area contributed by atoms with Gasteiger partial charge in [0.15, 0.2) is 5.69 Å². The number of phenols is 1. The molecule has 3 amide bonds. The molecule has 0 saturated heterocycles. The number of hydrogen-bond acceptors (Lipinski definition) is 7. The maximum absolute atomic E-state index is 13.9. The summed E-state index contributed by atoms with van der Waals surface area (Å²) in [7, 11) is 0. The fourth-order valence-corrected chi connectivity index (χ4v) is 4.42. The van der Waals surface area contributed by atoms with Crippen molar-refractivity contribution < 1.29 is 23.9 Å². The lowest BCUT2D eigenvalue weighted by Crippen LogP contribution is -2.44. The molecule has 1 heterocycles. The summed E-state index contributed by atoms with van der Waals surface area (Å²) in [4.78, 5) is 40.3. The van der Waals surface area contributed by atoms with Crippen molar-refractivity contribution in [1.29, 1.82) is 0 Å². The molecule has 6 N–H and O–H groups in total. The third kappa shape index (κ3) is 5.57. The van der Waals surface area contributed by atoms with Gasteiger partial charge < -0.3 is 21.9 Å². The van der Waals surface area contributed by atoms with Crippen LogP contribution in [0, 0.1) is 5.82 Å². The van der Waals surface area contributed by atoms with Crippen molar-refractivity contribution in [3.63, 3.8) is 0 Å². The Balaban J connectivity index is 1.82. The first-order chi connectivity index (χ1) is 17.8. The van der Waals surface area contributed by atoms with Crippen molar-refractivity contribution in [2.24, 2.45) is 5.73 Å². The molecular weight excluding hydrogens is 497 g/mol. The normalized spacial score (nSPS) is 11.5. The highest BCUT2D eigenvalue weighted by Gasteiger charge is 2.36. The van der Waals surface area contributed by atoms with Crippen LogP contribution in [0.5, 0.6) is 5.75 Å². The fourth-order valence-electron chi connectivity index (χ4n) is 3.68. The average molecular weight is 520 g/mol. The number of rotatable bonds is 8. The van der Waals surface area contributed by atoms with E-state index in [0.717, 1.165) is 22.6 Å². The van der Waals surface area contributed by atoms with Gasteiger partial charge in [0.2, 0.25) is 5.91 Å². The minimum Gasteiger partial charge on any atom is -0.508 e. The van der Waals surface area contributed by atoms with Gasteiger partial charge in [-0.05, 0) is 59.1 Å². The predicted molar refractivity (Wildman–Crippen MR) is 137 cm³/mol. The highest BCUT2D eigenvalue weighted by Crippen LogP contribution is 2.33. The van der Waals surface area contributed by atoms with Gasteiger partial charge in [0.05, 0.1) is 5.69 Å². The second-order valence-corrected chi connectivity index (χ2v) is 8.76. The molecule has 3 aromatic carbocycles. The molecule has 0 aliphatic heterocycles. The molecule has 0 radical (unpaired) electrons. The number of nitrogens with one attached hydrogen (secondary N) is 1. The molecule has 0 aliphatic rings. The lowest BCUT2D eigenvalue weighted by atomic mass is 10.0. The van der Waals surface area contributed by atoms with Crippen LogP contribution in [-0.4, -0.2) is 27.2 Å². The van der Waals surface area contributed by atoms with E-state index in [9.17, 15) is 23.9 Å². The summed E-state index contributed by atoms with van der Waals surface area (Å²) >= 11 is 0.663. The second-order valence-electron chi connectivity index (χ2n) is 7.99. The number of nitrogen functional groups attached to an aromatic ring is 1. The lowest BCUT2D eigenvalue weighted by molar-refractivity contribution is -0.122. The van der Waals surface area contributed by atoms with Crippen LogP contribution < -0.4 is 21.7 Å². The van der Waals surface area contributed by atoms with Crippen molar-refractivity contribution in [2.45, 2.75) is 12.6 Å². The van der Waals surface area contributed by atoms with Gasteiger partial charge in [-0.2, -0.15) is 4.37 Å². The van der Waals surface area contributed by atoms with E-state index in [2.05, 4.69) is 9.69 Å². The van der Waals surface area contributed by atoms with Gasteiger partial charge in [-0.25, -0.2) is 4.39 Å². The van der Waals surface area contributed by atoms with Crippen LogP contribution in [0.15, 0.2) is 78.9 Å². The van der Waals surface area contributed by atoms with E-state index in [4.69, 9.17) is 11.5 Å². The Hall–Kier alpha value is -4.77. The number of benzene rings is 3. The number of anilines is 2. The summed E-state index contributed by atoms with van der Waals surface area (Å²) in [6.07, 6.45) is 0. The molecule has 4 aromatic rings. The van der Waals surface area contributed by atoms with Gasteiger partial charge in [-0.15, -0.1) is 0 Å². The molecule has 9 nitrogen and oxygen atoms in total. The number of aromatic hydroxyl groups is 1. The Labute approximate surface area is 215 Å². The smallest absolute Gasteiger partial charge is 0.273 e. The molecule has 0 unspecified atom stereocenters. The summed E-state index contributed by atoms with van der Waals surface area (Å²) in [5.74, 6) is -2.78. The predicted octanol–water partition coefficient (Wildman–Crippen LogP) is 3.37. The van der Waals surface area contributed by atoms with Gasteiger partial charge in [0.25, 0.3) is 11.8 Å². The first kappa shape index (κ1) is 25.3.